The molecule has 0 aliphatic carbocycles. The lowest BCUT2D eigenvalue weighted by atomic mass is 10.1. The Labute approximate surface area is 207 Å². The standard InChI is InChI=1S/C24H32N6O.HI/c1-25-24(27-17-19-7-9-21(10-8-19)30-15-5-6-23(30)31)28-18-20-11-12-26-22(16-20)29-13-3-2-4-14-29;/h7-12,16H,2-6,13-15,17-18H2,1H3,(H2,25,27,28);1H. The molecule has 1 aromatic carbocycles. The molecule has 0 spiro atoms. The highest BCUT2D eigenvalue weighted by Crippen LogP contribution is 2.21. The molecule has 2 saturated heterocycles. The highest BCUT2D eigenvalue weighted by molar-refractivity contribution is 14.0. The first-order valence-electron chi connectivity index (χ1n) is 11.3. The molecule has 2 aliphatic rings. The number of nitrogens with one attached hydrogen (secondary N) is 2. The van der Waals surface area contributed by atoms with E-state index in [0.717, 1.165) is 49.1 Å². The number of rotatable bonds is 6. The topological polar surface area (TPSA) is 72.9 Å². The van der Waals surface area contributed by atoms with Gasteiger partial charge in [0.1, 0.15) is 5.82 Å². The molecule has 0 bridgehead atoms. The fraction of sp³-hybridized carbons (Fsp3) is 0.458. The van der Waals surface area contributed by atoms with E-state index in [0.29, 0.717) is 19.5 Å². The number of carbonyl (C=O) groups is 1. The van der Waals surface area contributed by atoms with Gasteiger partial charge in [-0.15, -0.1) is 24.0 Å². The number of amides is 1. The summed E-state index contributed by atoms with van der Waals surface area (Å²) < 4.78 is 0. The second-order valence-corrected chi connectivity index (χ2v) is 8.16. The number of carbonyl (C=O) groups excluding carboxylic acids is 1. The third kappa shape index (κ3) is 6.34. The van der Waals surface area contributed by atoms with Crippen LogP contribution in [-0.4, -0.2) is 43.5 Å². The van der Waals surface area contributed by atoms with Crippen LogP contribution in [0.25, 0.3) is 0 Å². The molecule has 2 aliphatic heterocycles. The second-order valence-electron chi connectivity index (χ2n) is 8.16. The van der Waals surface area contributed by atoms with Crippen LogP contribution in [-0.2, 0) is 17.9 Å². The Hall–Kier alpha value is -2.36. The van der Waals surface area contributed by atoms with Gasteiger partial charge in [-0.3, -0.25) is 9.79 Å². The number of hydrogen-bond donors (Lipinski definition) is 2. The SMILES string of the molecule is CN=C(NCc1ccc(N2CCCC2=O)cc1)NCc1ccnc(N2CCCCC2)c1.I. The summed E-state index contributed by atoms with van der Waals surface area (Å²) in [5, 5.41) is 6.75. The summed E-state index contributed by atoms with van der Waals surface area (Å²) in [5.74, 6) is 2.05. The predicted octanol–water partition coefficient (Wildman–Crippen LogP) is 3.68. The molecule has 2 aromatic rings. The van der Waals surface area contributed by atoms with E-state index in [2.05, 4.69) is 43.7 Å². The van der Waals surface area contributed by atoms with Crippen molar-refractivity contribution in [3.8, 4) is 0 Å². The monoisotopic (exact) mass is 548 g/mol. The summed E-state index contributed by atoms with van der Waals surface area (Å²) in [7, 11) is 1.78. The molecular weight excluding hydrogens is 515 g/mol. The molecule has 32 heavy (non-hydrogen) atoms. The van der Waals surface area contributed by atoms with Crippen LogP contribution in [0, 0.1) is 0 Å². The Balaban J connectivity index is 0.00000289. The van der Waals surface area contributed by atoms with Crippen LogP contribution in [0.2, 0.25) is 0 Å². The van der Waals surface area contributed by atoms with E-state index in [1.54, 1.807) is 7.05 Å². The third-order valence-corrected chi connectivity index (χ3v) is 5.95. The normalized spacial score (nSPS) is 16.7. The maximum absolute atomic E-state index is 11.9. The van der Waals surface area contributed by atoms with Crippen molar-refractivity contribution in [2.45, 2.75) is 45.2 Å². The number of aromatic nitrogens is 1. The van der Waals surface area contributed by atoms with Gasteiger partial charge in [0.05, 0.1) is 0 Å². The van der Waals surface area contributed by atoms with Crippen LogP contribution in [0.1, 0.15) is 43.2 Å². The van der Waals surface area contributed by atoms with Crippen LogP contribution >= 0.6 is 24.0 Å². The summed E-state index contributed by atoms with van der Waals surface area (Å²) in [6.07, 6.45) is 7.30. The summed E-state index contributed by atoms with van der Waals surface area (Å²) in [6.45, 7) is 4.37. The van der Waals surface area contributed by atoms with Crippen LogP contribution in [0.5, 0.6) is 0 Å². The zero-order valence-electron chi connectivity index (χ0n) is 18.7. The van der Waals surface area contributed by atoms with Gasteiger partial charge in [0, 0.05) is 58.1 Å². The summed E-state index contributed by atoms with van der Waals surface area (Å²) >= 11 is 0. The van der Waals surface area contributed by atoms with Crippen molar-refractivity contribution in [2.75, 3.05) is 36.5 Å². The molecule has 1 amide bonds. The van der Waals surface area contributed by atoms with Gasteiger partial charge in [-0.1, -0.05) is 12.1 Å². The molecule has 0 radical (unpaired) electrons. The Kier molecular flexibility index (Phi) is 9.13. The summed E-state index contributed by atoms with van der Waals surface area (Å²) in [4.78, 5) is 25.0. The van der Waals surface area contributed by atoms with Crippen LogP contribution in [0.4, 0.5) is 11.5 Å². The zero-order chi connectivity index (χ0) is 21.5. The van der Waals surface area contributed by atoms with Crippen molar-refractivity contribution >= 4 is 47.3 Å². The Morgan fingerprint density at radius 1 is 0.969 bits per heavy atom. The number of halogens is 1. The van der Waals surface area contributed by atoms with Crippen molar-refractivity contribution in [2.24, 2.45) is 4.99 Å². The number of piperidine rings is 1. The van der Waals surface area contributed by atoms with Gasteiger partial charge in [0.15, 0.2) is 5.96 Å². The van der Waals surface area contributed by atoms with Crippen molar-refractivity contribution in [1.29, 1.82) is 0 Å². The molecule has 4 rings (SSSR count). The average Bonchev–Trinajstić information content (AvgIpc) is 3.26. The molecule has 2 fully saturated rings. The Morgan fingerprint density at radius 2 is 1.69 bits per heavy atom. The number of anilines is 2. The molecular formula is C24H33IN6O. The highest BCUT2D eigenvalue weighted by Gasteiger charge is 2.21. The minimum Gasteiger partial charge on any atom is -0.357 e. The van der Waals surface area contributed by atoms with E-state index in [1.165, 1.54) is 24.8 Å². The van der Waals surface area contributed by atoms with Gasteiger partial charge in [-0.2, -0.15) is 0 Å². The molecule has 1 aromatic heterocycles. The number of hydrogen-bond acceptors (Lipinski definition) is 4. The largest absolute Gasteiger partial charge is 0.357 e. The molecule has 2 N–H and O–H groups in total. The van der Waals surface area contributed by atoms with Crippen molar-refractivity contribution in [3.05, 3.63) is 53.7 Å². The first-order valence-corrected chi connectivity index (χ1v) is 11.3. The first kappa shape index (κ1) is 24.3. The van der Waals surface area contributed by atoms with Gasteiger partial charge in [-0.25, -0.2) is 4.98 Å². The van der Waals surface area contributed by atoms with E-state index in [1.807, 2.05) is 29.3 Å². The molecule has 0 atom stereocenters. The minimum absolute atomic E-state index is 0. The summed E-state index contributed by atoms with van der Waals surface area (Å²) in [5.41, 5.74) is 3.32. The van der Waals surface area contributed by atoms with Gasteiger partial charge in [-0.05, 0) is 61.1 Å². The zero-order valence-corrected chi connectivity index (χ0v) is 21.0. The van der Waals surface area contributed by atoms with E-state index in [9.17, 15) is 4.79 Å². The smallest absolute Gasteiger partial charge is 0.227 e. The van der Waals surface area contributed by atoms with E-state index in [-0.39, 0.29) is 29.9 Å². The van der Waals surface area contributed by atoms with Crippen LogP contribution < -0.4 is 20.4 Å². The third-order valence-electron chi connectivity index (χ3n) is 5.95. The Morgan fingerprint density at radius 3 is 2.34 bits per heavy atom. The average molecular weight is 548 g/mol. The Bertz CT molecular complexity index is 911. The quantitative estimate of drug-likeness (QED) is 0.328. The number of guanidine groups is 1. The van der Waals surface area contributed by atoms with Crippen molar-refractivity contribution < 1.29 is 4.79 Å². The molecule has 7 nitrogen and oxygen atoms in total. The fourth-order valence-electron chi connectivity index (χ4n) is 4.17. The lowest BCUT2D eigenvalue weighted by molar-refractivity contribution is -0.117. The molecule has 8 heteroatoms. The van der Waals surface area contributed by atoms with Gasteiger partial charge in [0.2, 0.25) is 5.91 Å². The van der Waals surface area contributed by atoms with Crippen molar-refractivity contribution in [1.82, 2.24) is 15.6 Å². The van der Waals surface area contributed by atoms with E-state index >= 15 is 0 Å². The maximum atomic E-state index is 11.9. The van der Waals surface area contributed by atoms with Gasteiger partial charge in [0.25, 0.3) is 0 Å². The van der Waals surface area contributed by atoms with E-state index in [4.69, 9.17) is 0 Å². The number of pyridine rings is 1. The number of aliphatic imine (C=N–C) groups is 1. The second kappa shape index (κ2) is 12.0. The van der Waals surface area contributed by atoms with Gasteiger partial charge >= 0.3 is 0 Å². The van der Waals surface area contributed by atoms with Gasteiger partial charge < -0.3 is 20.4 Å². The van der Waals surface area contributed by atoms with Crippen LogP contribution in [0.3, 0.4) is 0 Å². The van der Waals surface area contributed by atoms with Crippen LogP contribution in [0.15, 0.2) is 47.6 Å². The predicted molar refractivity (Wildman–Crippen MR) is 141 cm³/mol. The van der Waals surface area contributed by atoms with Crippen molar-refractivity contribution in [3.63, 3.8) is 0 Å². The first-order chi connectivity index (χ1) is 15.2. The lowest BCUT2D eigenvalue weighted by Crippen LogP contribution is -2.36. The fourth-order valence-corrected chi connectivity index (χ4v) is 4.17. The molecule has 0 unspecified atom stereocenters. The molecule has 172 valence electrons. The molecule has 0 saturated carbocycles. The molecule has 3 heterocycles. The lowest BCUT2D eigenvalue weighted by Gasteiger charge is -2.28. The maximum Gasteiger partial charge on any atom is 0.227 e. The highest BCUT2D eigenvalue weighted by atomic mass is 127. The van der Waals surface area contributed by atoms with E-state index < -0.39 is 0 Å². The number of nitrogens with zero attached hydrogens (tertiary/aromatic N) is 4. The number of benzene rings is 1. The minimum atomic E-state index is 0. The summed E-state index contributed by atoms with van der Waals surface area (Å²) in [6, 6.07) is 12.4.